The minimum Gasteiger partial charge on any atom is -0.355 e. The maximum absolute atomic E-state index is 13.7. The predicted octanol–water partition coefficient (Wildman–Crippen LogP) is 3.81. The van der Waals surface area contributed by atoms with E-state index in [1.54, 1.807) is 12.1 Å². The van der Waals surface area contributed by atoms with E-state index < -0.39 is 23.3 Å². The molecule has 29 heavy (non-hydrogen) atoms. The third kappa shape index (κ3) is 4.29. The van der Waals surface area contributed by atoms with Crippen LogP contribution in [0.5, 0.6) is 0 Å². The van der Waals surface area contributed by atoms with Gasteiger partial charge in [-0.3, -0.25) is 9.59 Å². The van der Waals surface area contributed by atoms with Crippen molar-refractivity contribution in [3.05, 3.63) is 77.1 Å². The molecule has 9 heteroatoms. The highest BCUT2D eigenvalue weighted by atomic mass is 19.4. The first-order chi connectivity index (χ1) is 13.7. The molecule has 0 aliphatic rings. The van der Waals surface area contributed by atoms with E-state index in [0.717, 1.165) is 11.8 Å². The Bertz CT molecular complexity index is 1040. The molecule has 0 saturated carbocycles. The Morgan fingerprint density at radius 1 is 0.966 bits per heavy atom. The largest absolute Gasteiger partial charge is 0.434 e. The summed E-state index contributed by atoms with van der Waals surface area (Å²) in [5.74, 6) is -1.27. The molecule has 2 aromatic carbocycles. The summed E-state index contributed by atoms with van der Waals surface area (Å²) >= 11 is 0. The minimum atomic E-state index is -4.79. The molecule has 2 N–H and O–H groups in total. The number of alkyl halides is 3. The van der Waals surface area contributed by atoms with E-state index in [1.165, 1.54) is 43.4 Å². The Kier molecular flexibility index (Phi) is 5.40. The molecule has 0 unspecified atom stereocenters. The third-order valence-corrected chi connectivity index (χ3v) is 4.19. The van der Waals surface area contributed by atoms with Gasteiger partial charge in [-0.15, -0.1) is 0 Å². The first-order valence-corrected chi connectivity index (χ1v) is 8.56. The molecule has 0 spiro atoms. The van der Waals surface area contributed by atoms with Crippen molar-refractivity contribution in [1.82, 2.24) is 15.1 Å². The van der Waals surface area contributed by atoms with Crippen LogP contribution in [0.1, 0.15) is 32.0 Å². The number of aromatic nitrogens is 2. The molecule has 0 saturated heterocycles. The number of hydrogen-bond acceptors (Lipinski definition) is 3. The molecule has 0 atom stereocenters. The molecule has 0 aliphatic heterocycles. The van der Waals surface area contributed by atoms with Crippen LogP contribution in [0.3, 0.4) is 0 Å². The summed E-state index contributed by atoms with van der Waals surface area (Å²) in [7, 11) is 1.47. The number of nitrogens with zero attached hydrogens (tertiary/aromatic N) is 2. The minimum absolute atomic E-state index is 0.192. The van der Waals surface area contributed by atoms with Gasteiger partial charge in [0.15, 0.2) is 5.69 Å². The second-order valence-corrected chi connectivity index (χ2v) is 6.26. The van der Waals surface area contributed by atoms with Crippen LogP contribution in [0.4, 0.5) is 18.9 Å². The van der Waals surface area contributed by atoms with E-state index in [4.69, 9.17) is 0 Å². The van der Waals surface area contributed by atoms with Gasteiger partial charge in [0.1, 0.15) is 0 Å². The van der Waals surface area contributed by atoms with Crippen molar-refractivity contribution < 1.29 is 22.8 Å². The van der Waals surface area contributed by atoms with Crippen LogP contribution in [0.2, 0.25) is 0 Å². The molecular weight excluding hydrogens is 385 g/mol. The summed E-state index contributed by atoms with van der Waals surface area (Å²) < 4.78 is 41.8. The van der Waals surface area contributed by atoms with Gasteiger partial charge in [-0.05, 0) is 43.3 Å². The number of halogens is 3. The van der Waals surface area contributed by atoms with Crippen molar-refractivity contribution >= 4 is 17.5 Å². The molecule has 0 fully saturated rings. The van der Waals surface area contributed by atoms with Gasteiger partial charge in [-0.1, -0.05) is 17.7 Å². The molecular formula is C20H17F3N4O2. The SMILES string of the molecule is CNC(=O)c1ccc(NC(=O)c2cnn(-c3ccc(C)cc3)c2C(F)(F)F)cc1. The lowest BCUT2D eigenvalue weighted by Gasteiger charge is -2.13. The van der Waals surface area contributed by atoms with E-state index in [9.17, 15) is 22.8 Å². The van der Waals surface area contributed by atoms with E-state index in [1.807, 2.05) is 6.92 Å². The zero-order valence-electron chi connectivity index (χ0n) is 15.5. The highest BCUT2D eigenvalue weighted by molar-refractivity contribution is 6.05. The number of rotatable bonds is 4. The third-order valence-electron chi connectivity index (χ3n) is 4.19. The molecule has 6 nitrogen and oxygen atoms in total. The highest BCUT2D eigenvalue weighted by Gasteiger charge is 2.40. The number of carbonyl (C=O) groups excluding carboxylic acids is 2. The van der Waals surface area contributed by atoms with Gasteiger partial charge in [0, 0.05) is 18.3 Å². The standard InChI is InChI=1S/C20H17F3N4O2/c1-12-3-9-15(10-4-12)27-17(20(21,22)23)16(11-25-27)19(29)26-14-7-5-13(6-8-14)18(28)24-2/h3-11H,1-2H3,(H,24,28)(H,26,29). The van der Waals surface area contributed by atoms with E-state index in [0.29, 0.717) is 10.2 Å². The smallest absolute Gasteiger partial charge is 0.355 e. The molecule has 1 heterocycles. The number of anilines is 1. The van der Waals surface area contributed by atoms with Gasteiger partial charge in [-0.2, -0.15) is 18.3 Å². The summed E-state index contributed by atoms with van der Waals surface area (Å²) in [6.07, 6.45) is -3.91. The predicted molar refractivity (Wildman–Crippen MR) is 101 cm³/mol. The van der Waals surface area contributed by atoms with Crippen LogP contribution in [-0.4, -0.2) is 28.6 Å². The molecule has 0 bridgehead atoms. The van der Waals surface area contributed by atoms with Gasteiger partial charge in [-0.25, -0.2) is 4.68 Å². The van der Waals surface area contributed by atoms with Crippen LogP contribution in [0.25, 0.3) is 5.69 Å². The van der Waals surface area contributed by atoms with Gasteiger partial charge >= 0.3 is 6.18 Å². The summed E-state index contributed by atoms with van der Waals surface area (Å²) in [5, 5.41) is 8.63. The van der Waals surface area contributed by atoms with E-state index in [-0.39, 0.29) is 17.3 Å². The van der Waals surface area contributed by atoms with Crippen molar-refractivity contribution in [1.29, 1.82) is 0 Å². The van der Waals surface area contributed by atoms with Crippen molar-refractivity contribution in [2.24, 2.45) is 0 Å². The number of benzene rings is 2. The second kappa shape index (κ2) is 7.78. The molecule has 0 aliphatic carbocycles. The molecule has 3 rings (SSSR count). The van der Waals surface area contributed by atoms with Crippen molar-refractivity contribution in [3.63, 3.8) is 0 Å². The summed E-state index contributed by atoms with van der Waals surface area (Å²) in [5.41, 5.74) is -0.0913. The fraction of sp³-hybridized carbons (Fsp3) is 0.150. The van der Waals surface area contributed by atoms with E-state index in [2.05, 4.69) is 15.7 Å². The molecule has 2 amide bonds. The molecule has 1 aromatic heterocycles. The number of hydrogen-bond donors (Lipinski definition) is 2. The first kappa shape index (κ1) is 20.1. The maximum Gasteiger partial charge on any atom is 0.434 e. The van der Waals surface area contributed by atoms with Crippen LogP contribution >= 0.6 is 0 Å². The lowest BCUT2D eigenvalue weighted by atomic mass is 10.1. The number of nitrogens with one attached hydrogen (secondary N) is 2. The number of carbonyl (C=O) groups is 2. The molecule has 150 valence electrons. The Morgan fingerprint density at radius 3 is 2.14 bits per heavy atom. The first-order valence-electron chi connectivity index (χ1n) is 8.56. The van der Waals surface area contributed by atoms with Gasteiger partial charge in [0.05, 0.1) is 17.4 Å². The number of amides is 2. The van der Waals surface area contributed by atoms with Crippen LogP contribution in [-0.2, 0) is 6.18 Å². The summed E-state index contributed by atoms with van der Waals surface area (Å²) in [6, 6.07) is 12.1. The normalized spacial score (nSPS) is 11.2. The monoisotopic (exact) mass is 402 g/mol. The highest BCUT2D eigenvalue weighted by Crippen LogP contribution is 2.34. The Balaban J connectivity index is 1.93. The molecule has 0 radical (unpaired) electrons. The lowest BCUT2D eigenvalue weighted by molar-refractivity contribution is -0.143. The second-order valence-electron chi connectivity index (χ2n) is 6.26. The van der Waals surface area contributed by atoms with E-state index >= 15 is 0 Å². The lowest BCUT2D eigenvalue weighted by Crippen LogP contribution is -2.21. The Hall–Kier alpha value is -3.62. The fourth-order valence-electron chi connectivity index (χ4n) is 2.72. The van der Waals surface area contributed by atoms with Crippen LogP contribution in [0.15, 0.2) is 54.7 Å². The maximum atomic E-state index is 13.7. The summed E-state index contributed by atoms with van der Waals surface area (Å²) in [4.78, 5) is 24.1. The van der Waals surface area contributed by atoms with Crippen LogP contribution < -0.4 is 10.6 Å². The topological polar surface area (TPSA) is 76.0 Å². The van der Waals surface area contributed by atoms with Gasteiger partial charge < -0.3 is 10.6 Å². The van der Waals surface area contributed by atoms with Gasteiger partial charge in [0.2, 0.25) is 0 Å². The summed E-state index contributed by atoms with van der Waals surface area (Å²) in [6.45, 7) is 1.81. The Morgan fingerprint density at radius 2 is 1.59 bits per heavy atom. The zero-order valence-corrected chi connectivity index (χ0v) is 15.5. The molecule has 3 aromatic rings. The quantitative estimate of drug-likeness (QED) is 0.697. The van der Waals surface area contributed by atoms with Crippen molar-refractivity contribution in [2.75, 3.05) is 12.4 Å². The fourth-order valence-corrected chi connectivity index (χ4v) is 2.72. The van der Waals surface area contributed by atoms with Crippen molar-refractivity contribution in [3.8, 4) is 5.69 Å². The van der Waals surface area contributed by atoms with Gasteiger partial charge in [0.25, 0.3) is 11.8 Å². The average molecular weight is 402 g/mol. The van der Waals surface area contributed by atoms with Crippen LogP contribution in [0, 0.1) is 6.92 Å². The zero-order chi connectivity index (χ0) is 21.2. The van der Waals surface area contributed by atoms with Crippen molar-refractivity contribution in [2.45, 2.75) is 13.1 Å². The average Bonchev–Trinajstić information content (AvgIpc) is 3.14. The number of aryl methyl sites for hydroxylation is 1. The Labute approximate surface area is 164 Å².